The van der Waals surface area contributed by atoms with Crippen LogP contribution in [0, 0.1) is 11.8 Å². The third kappa shape index (κ3) is 2.91. The van der Waals surface area contributed by atoms with Crippen LogP contribution in [0.2, 0.25) is 0 Å². The first-order chi connectivity index (χ1) is 9.34. The van der Waals surface area contributed by atoms with E-state index < -0.39 is 10.0 Å². The van der Waals surface area contributed by atoms with E-state index in [4.69, 9.17) is 10.5 Å². The molecule has 0 spiro atoms. The van der Waals surface area contributed by atoms with Gasteiger partial charge >= 0.3 is 0 Å². The van der Waals surface area contributed by atoms with Gasteiger partial charge in [-0.3, -0.25) is 0 Å². The van der Waals surface area contributed by atoms with Gasteiger partial charge < -0.3 is 10.5 Å². The Labute approximate surface area is 120 Å². The molecule has 6 heteroatoms. The van der Waals surface area contributed by atoms with Gasteiger partial charge in [-0.05, 0) is 36.5 Å². The van der Waals surface area contributed by atoms with Gasteiger partial charge in [0.25, 0.3) is 0 Å². The molecule has 0 aliphatic carbocycles. The fraction of sp³-hybridized carbons (Fsp3) is 0.571. The number of hydrogen-bond donors (Lipinski definition) is 1. The summed E-state index contributed by atoms with van der Waals surface area (Å²) in [6, 6.07) is 4.62. The summed E-state index contributed by atoms with van der Waals surface area (Å²) in [5.74, 6) is 1.25. The summed E-state index contributed by atoms with van der Waals surface area (Å²) in [5, 5.41) is 0. The quantitative estimate of drug-likeness (QED) is 0.866. The Morgan fingerprint density at radius 3 is 2.35 bits per heavy atom. The lowest BCUT2D eigenvalue weighted by Gasteiger charge is -2.34. The summed E-state index contributed by atoms with van der Waals surface area (Å²) in [5.41, 5.74) is 6.14. The van der Waals surface area contributed by atoms with Crippen molar-refractivity contribution in [2.24, 2.45) is 11.8 Å². The second-order valence-corrected chi connectivity index (χ2v) is 7.61. The number of rotatable bonds is 3. The maximum atomic E-state index is 12.7. The van der Waals surface area contributed by atoms with E-state index in [9.17, 15) is 8.42 Å². The zero-order valence-corrected chi connectivity index (χ0v) is 13.0. The summed E-state index contributed by atoms with van der Waals surface area (Å²) in [6.07, 6.45) is 1.07. The highest BCUT2D eigenvalue weighted by atomic mass is 32.2. The van der Waals surface area contributed by atoms with Crippen LogP contribution in [0.15, 0.2) is 23.1 Å². The van der Waals surface area contributed by atoms with E-state index >= 15 is 0 Å². The molecule has 2 N–H and O–H groups in total. The van der Waals surface area contributed by atoms with Crippen LogP contribution in [0.3, 0.4) is 0 Å². The van der Waals surface area contributed by atoms with Crippen molar-refractivity contribution < 1.29 is 13.2 Å². The summed E-state index contributed by atoms with van der Waals surface area (Å²) in [4.78, 5) is 0.233. The van der Waals surface area contributed by atoms with Crippen molar-refractivity contribution in [3.8, 4) is 5.75 Å². The van der Waals surface area contributed by atoms with E-state index in [0.29, 0.717) is 36.4 Å². The molecule has 1 fully saturated rings. The molecule has 0 saturated carbocycles. The molecule has 1 aromatic rings. The van der Waals surface area contributed by atoms with Gasteiger partial charge in [-0.25, -0.2) is 8.42 Å². The number of sulfonamides is 1. The van der Waals surface area contributed by atoms with Gasteiger partial charge in [0.2, 0.25) is 10.0 Å². The predicted molar refractivity (Wildman–Crippen MR) is 79.1 cm³/mol. The summed E-state index contributed by atoms with van der Waals surface area (Å²) in [6.45, 7) is 5.30. The van der Waals surface area contributed by atoms with Crippen molar-refractivity contribution in [1.29, 1.82) is 0 Å². The Morgan fingerprint density at radius 1 is 1.25 bits per heavy atom. The first-order valence-electron chi connectivity index (χ1n) is 6.78. The second-order valence-electron chi connectivity index (χ2n) is 5.67. The van der Waals surface area contributed by atoms with E-state index in [-0.39, 0.29) is 4.90 Å². The van der Waals surface area contributed by atoms with Crippen molar-refractivity contribution in [2.75, 3.05) is 25.9 Å². The molecule has 0 radical (unpaired) electrons. The lowest BCUT2D eigenvalue weighted by atomic mass is 9.94. The summed E-state index contributed by atoms with van der Waals surface area (Å²) in [7, 11) is -1.97. The minimum absolute atomic E-state index is 0.233. The number of nitrogen functional groups attached to an aromatic ring is 1. The molecule has 2 rings (SSSR count). The van der Waals surface area contributed by atoms with Gasteiger partial charge in [0.05, 0.1) is 17.7 Å². The van der Waals surface area contributed by atoms with Gasteiger partial charge in [0, 0.05) is 13.1 Å². The van der Waals surface area contributed by atoms with Gasteiger partial charge in [-0.2, -0.15) is 4.31 Å². The van der Waals surface area contributed by atoms with E-state index in [2.05, 4.69) is 13.8 Å². The Morgan fingerprint density at radius 2 is 1.85 bits per heavy atom. The highest BCUT2D eigenvalue weighted by molar-refractivity contribution is 7.89. The van der Waals surface area contributed by atoms with Crippen molar-refractivity contribution in [3.63, 3.8) is 0 Å². The molecule has 1 aliphatic heterocycles. The molecule has 1 aliphatic rings. The Bertz CT molecular complexity index is 576. The molecule has 1 aromatic carbocycles. The molecule has 112 valence electrons. The molecular formula is C14H22N2O3S. The number of hydrogen-bond acceptors (Lipinski definition) is 4. The van der Waals surface area contributed by atoms with E-state index in [1.807, 2.05) is 0 Å². The Hall–Kier alpha value is -1.27. The van der Waals surface area contributed by atoms with Crippen LogP contribution in [0.25, 0.3) is 0 Å². The largest absolute Gasteiger partial charge is 0.495 e. The van der Waals surface area contributed by atoms with Crippen LogP contribution in [-0.2, 0) is 10.0 Å². The summed E-state index contributed by atoms with van der Waals surface area (Å²) < 4.78 is 31.9. The third-order valence-corrected chi connectivity index (χ3v) is 5.50. The second kappa shape index (κ2) is 5.61. The standard InChI is InChI=1S/C14H22N2O3S/c1-10-6-11(2)9-16(8-10)20(17,18)12-4-5-14(19-3)13(15)7-12/h4-5,7,10-11H,6,8-9,15H2,1-3H3. The molecule has 2 unspecified atom stereocenters. The molecule has 0 amide bonds. The average molecular weight is 298 g/mol. The zero-order valence-electron chi connectivity index (χ0n) is 12.2. The van der Waals surface area contributed by atoms with Crippen molar-refractivity contribution in [2.45, 2.75) is 25.2 Å². The van der Waals surface area contributed by atoms with Gasteiger partial charge in [0.15, 0.2) is 0 Å². The van der Waals surface area contributed by atoms with Crippen LogP contribution in [-0.4, -0.2) is 32.9 Å². The van der Waals surface area contributed by atoms with Crippen LogP contribution < -0.4 is 10.5 Å². The van der Waals surface area contributed by atoms with Crippen LogP contribution in [0.5, 0.6) is 5.75 Å². The van der Waals surface area contributed by atoms with E-state index in [0.717, 1.165) is 6.42 Å². The van der Waals surface area contributed by atoms with Crippen LogP contribution >= 0.6 is 0 Å². The fourth-order valence-electron chi connectivity index (χ4n) is 2.82. The normalized spacial score (nSPS) is 24.6. The van der Waals surface area contributed by atoms with Crippen molar-refractivity contribution in [3.05, 3.63) is 18.2 Å². The minimum Gasteiger partial charge on any atom is -0.495 e. The molecule has 1 saturated heterocycles. The number of nitrogens with zero attached hydrogens (tertiary/aromatic N) is 1. The van der Waals surface area contributed by atoms with Gasteiger partial charge in [-0.1, -0.05) is 13.8 Å². The molecule has 2 atom stereocenters. The first kappa shape index (κ1) is 15.1. The molecule has 5 nitrogen and oxygen atoms in total. The third-order valence-electron chi connectivity index (χ3n) is 3.67. The molecule has 0 bridgehead atoms. The zero-order chi connectivity index (χ0) is 14.9. The average Bonchev–Trinajstić information content (AvgIpc) is 2.37. The van der Waals surface area contributed by atoms with Gasteiger partial charge in [-0.15, -0.1) is 0 Å². The van der Waals surface area contributed by atoms with Crippen LogP contribution in [0.4, 0.5) is 5.69 Å². The van der Waals surface area contributed by atoms with Crippen molar-refractivity contribution in [1.82, 2.24) is 4.31 Å². The number of anilines is 1. The topological polar surface area (TPSA) is 72.6 Å². The molecular weight excluding hydrogens is 276 g/mol. The van der Waals surface area contributed by atoms with Crippen molar-refractivity contribution >= 4 is 15.7 Å². The monoisotopic (exact) mass is 298 g/mol. The first-order valence-corrected chi connectivity index (χ1v) is 8.22. The smallest absolute Gasteiger partial charge is 0.243 e. The highest BCUT2D eigenvalue weighted by Gasteiger charge is 2.31. The molecule has 0 aromatic heterocycles. The number of methoxy groups -OCH3 is 1. The number of ether oxygens (including phenoxy) is 1. The van der Waals surface area contributed by atoms with Crippen LogP contribution in [0.1, 0.15) is 20.3 Å². The highest BCUT2D eigenvalue weighted by Crippen LogP contribution is 2.29. The Balaban J connectivity index is 2.32. The van der Waals surface area contributed by atoms with E-state index in [1.165, 1.54) is 13.2 Å². The summed E-state index contributed by atoms with van der Waals surface area (Å²) >= 11 is 0. The van der Waals surface area contributed by atoms with E-state index in [1.54, 1.807) is 16.4 Å². The number of piperidine rings is 1. The number of nitrogens with two attached hydrogens (primary N) is 1. The molecule has 20 heavy (non-hydrogen) atoms. The lowest BCUT2D eigenvalue weighted by Crippen LogP contribution is -2.42. The molecule has 1 heterocycles. The predicted octanol–water partition coefficient (Wildman–Crippen LogP) is 1.94. The minimum atomic E-state index is -3.48. The fourth-order valence-corrected chi connectivity index (χ4v) is 4.54. The Kier molecular flexibility index (Phi) is 4.25. The maximum absolute atomic E-state index is 12.7. The maximum Gasteiger partial charge on any atom is 0.243 e. The number of benzene rings is 1. The SMILES string of the molecule is COc1ccc(S(=O)(=O)N2CC(C)CC(C)C2)cc1N. The lowest BCUT2D eigenvalue weighted by molar-refractivity contribution is 0.222. The van der Waals surface area contributed by atoms with Gasteiger partial charge in [0.1, 0.15) is 5.75 Å².